The quantitative estimate of drug-likeness (QED) is 0.491. The zero-order valence-electron chi connectivity index (χ0n) is 11.3. The van der Waals surface area contributed by atoms with Crippen LogP contribution in [-0.4, -0.2) is 20.5 Å². The van der Waals surface area contributed by atoms with Gasteiger partial charge in [-0.2, -0.15) is 5.10 Å². The van der Waals surface area contributed by atoms with E-state index in [2.05, 4.69) is 5.10 Å². The SMILES string of the molecule is CC(=O)c1cc([N+](=O)[O-])ccc1Sc1cc(C)nn1C. The van der Waals surface area contributed by atoms with E-state index in [1.54, 1.807) is 10.7 Å². The number of carbonyl (C=O) groups excluding carboxylic acids is 1. The second-order valence-electron chi connectivity index (χ2n) is 4.34. The molecular formula is C13H13N3O3S. The van der Waals surface area contributed by atoms with E-state index >= 15 is 0 Å². The summed E-state index contributed by atoms with van der Waals surface area (Å²) in [6.45, 7) is 3.28. The first-order valence-corrected chi connectivity index (χ1v) is 6.68. The average Bonchev–Trinajstić information content (AvgIpc) is 2.67. The van der Waals surface area contributed by atoms with Gasteiger partial charge in [-0.05, 0) is 26.0 Å². The Hall–Kier alpha value is -2.15. The normalized spacial score (nSPS) is 10.6. The smallest absolute Gasteiger partial charge is 0.270 e. The maximum Gasteiger partial charge on any atom is 0.270 e. The monoisotopic (exact) mass is 291 g/mol. The Labute approximate surface area is 119 Å². The van der Waals surface area contributed by atoms with Gasteiger partial charge >= 0.3 is 0 Å². The van der Waals surface area contributed by atoms with E-state index < -0.39 is 4.92 Å². The van der Waals surface area contributed by atoms with Gasteiger partial charge in [0.05, 0.1) is 15.6 Å². The number of Topliss-reactive ketones (excluding diaryl/α,β-unsaturated/α-hetero) is 1. The van der Waals surface area contributed by atoms with Crippen molar-refractivity contribution in [1.29, 1.82) is 0 Å². The molecule has 104 valence electrons. The molecule has 0 bridgehead atoms. The van der Waals surface area contributed by atoms with Gasteiger partial charge in [0.25, 0.3) is 5.69 Å². The van der Waals surface area contributed by atoms with Gasteiger partial charge in [0.15, 0.2) is 5.78 Å². The second-order valence-corrected chi connectivity index (χ2v) is 5.41. The lowest BCUT2D eigenvalue weighted by molar-refractivity contribution is -0.384. The van der Waals surface area contributed by atoms with E-state index in [0.29, 0.717) is 10.5 Å². The number of rotatable bonds is 4. The van der Waals surface area contributed by atoms with Crippen molar-refractivity contribution in [3.63, 3.8) is 0 Å². The van der Waals surface area contributed by atoms with Crippen molar-refractivity contribution in [2.45, 2.75) is 23.8 Å². The summed E-state index contributed by atoms with van der Waals surface area (Å²) in [6.07, 6.45) is 0. The maximum atomic E-state index is 11.7. The summed E-state index contributed by atoms with van der Waals surface area (Å²) in [6, 6.07) is 6.21. The zero-order chi connectivity index (χ0) is 14.9. The van der Waals surface area contributed by atoms with Crippen LogP contribution in [0.15, 0.2) is 34.2 Å². The number of nitro groups is 1. The number of ketones is 1. The molecule has 0 aliphatic heterocycles. The fraction of sp³-hybridized carbons (Fsp3) is 0.231. The molecule has 0 spiro atoms. The Bertz CT molecular complexity index is 694. The lowest BCUT2D eigenvalue weighted by Crippen LogP contribution is -1.99. The Morgan fingerprint density at radius 3 is 2.60 bits per heavy atom. The summed E-state index contributed by atoms with van der Waals surface area (Å²) in [7, 11) is 1.81. The van der Waals surface area contributed by atoms with E-state index in [-0.39, 0.29) is 11.5 Å². The number of non-ortho nitro benzene ring substituents is 1. The van der Waals surface area contributed by atoms with E-state index in [9.17, 15) is 14.9 Å². The summed E-state index contributed by atoms with van der Waals surface area (Å²) >= 11 is 1.37. The van der Waals surface area contributed by atoms with Crippen LogP contribution in [0.3, 0.4) is 0 Å². The van der Waals surface area contributed by atoms with Crippen molar-refractivity contribution in [1.82, 2.24) is 9.78 Å². The molecule has 1 aromatic heterocycles. The van der Waals surface area contributed by atoms with Crippen LogP contribution in [0.5, 0.6) is 0 Å². The first-order valence-electron chi connectivity index (χ1n) is 5.86. The molecule has 0 radical (unpaired) electrons. The van der Waals surface area contributed by atoms with Gasteiger partial charge in [0.2, 0.25) is 0 Å². The Kier molecular flexibility index (Phi) is 3.89. The molecule has 0 saturated heterocycles. The summed E-state index contributed by atoms with van der Waals surface area (Å²) in [5, 5.41) is 15.9. The highest BCUT2D eigenvalue weighted by Gasteiger charge is 2.16. The summed E-state index contributed by atoms with van der Waals surface area (Å²) < 4.78 is 1.71. The molecule has 0 N–H and O–H groups in total. The van der Waals surface area contributed by atoms with Crippen LogP contribution in [0.4, 0.5) is 5.69 Å². The lowest BCUT2D eigenvalue weighted by atomic mass is 10.1. The molecule has 0 aliphatic rings. The number of aromatic nitrogens is 2. The third-order valence-corrected chi connectivity index (χ3v) is 3.89. The van der Waals surface area contributed by atoms with Crippen molar-refractivity contribution < 1.29 is 9.72 Å². The number of hydrogen-bond acceptors (Lipinski definition) is 5. The van der Waals surface area contributed by atoms with Crippen LogP contribution >= 0.6 is 11.8 Å². The van der Waals surface area contributed by atoms with Crippen LogP contribution in [0.1, 0.15) is 23.0 Å². The average molecular weight is 291 g/mol. The Balaban J connectivity index is 2.43. The number of nitro benzene ring substituents is 1. The Morgan fingerprint density at radius 1 is 1.40 bits per heavy atom. The molecule has 0 atom stereocenters. The van der Waals surface area contributed by atoms with Crippen molar-refractivity contribution in [3.05, 3.63) is 45.6 Å². The lowest BCUT2D eigenvalue weighted by Gasteiger charge is -2.06. The van der Waals surface area contributed by atoms with Crippen molar-refractivity contribution >= 4 is 23.2 Å². The van der Waals surface area contributed by atoms with Crippen molar-refractivity contribution in [2.24, 2.45) is 7.05 Å². The van der Waals surface area contributed by atoms with Crippen LogP contribution in [0.25, 0.3) is 0 Å². The zero-order valence-corrected chi connectivity index (χ0v) is 12.1. The predicted molar refractivity (Wildman–Crippen MR) is 75.2 cm³/mol. The first kappa shape index (κ1) is 14.3. The molecule has 1 heterocycles. The van der Waals surface area contributed by atoms with Gasteiger partial charge in [-0.3, -0.25) is 19.6 Å². The summed E-state index contributed by atoms with van der Waals surface area (Å²) in [5.41, 5.74) is 1.14. The molecule has 7 heteroatoms. The molecular weight excluding hydrogens is 278 g/mol. The van der Waals surface area contributed by atoms with E-state index in [4.69, 9.17) is 0 Å². The highest BCUT2D eigenvalue weighted by atomic mass is 32.2. The number of hydrogen-bond donors (Lipinski definition) is 0. The minimum Gasteiger partial charge on any atom is -0.294 e. The van der Waals surface area contributed by atoms with Gasteiger partial charge in [-0.1, -0.05) is 11.8 Å². The molecule has 0 fully saturated rings. The fourth-order valence-electron chi connectivity index (χ4n) is 1.79. The molecule has 2 rings (SSSR count). The maximum absolute atomic E-state index is 11.7. The minimum atomic E-state index is -0.505. The third kappa shape index (κ3) is 2.88. The molecule has 0 saturated carbocycles. The molecule has 6 nitrogen and oxygen atoms in total. The molecule has 2 aromatic rings. The molecule has 0 unspecified atom stereocenters. The van der Waals surface area contributed by atoms with Gasteiger partial charge in [0.1, 0.15) is 0 Å². The first-order chi connectivity index (χ1) is 9.38. The molecule has 0 amide bonds. The van der Waals surface area contributed by atoms with E-state index in [1.165, 1.54) is 30.8 Å². The van der Waals surface area contributed by atoms with E-state index in [0.717, 1.165) is 10.7 Å². The standard InChI is InChI=1S/C13H13N3O3S/c1-8-6-13(15(3)14-8)20-12-5-4-10(16(18)19)7-11(12)9(2)17/h4-7H,1-3H3. The third-order valence-electron chi connectivity index (χ3n) is 2.73. The number of carbonyl (C=O) groups is 1. The molecule has 0 aliphatic carbocycles. The number of benzene rings is 1. The number of aryl methyl sites for hydroxylation is 2. The minimum absolute atomic E-state index is 0.0827. The van der Waals surface area contributed by atoms with Crippen LogP contribution < -0.4 is 0 Å². The second kappa shape index (κ2) is 5.46. The van der Waals surface area contributed by atoms with Gasteiger partial charge in [-0.25, -0.2) is 0 Å². The van der Waals surface area contributed by atoms with Gasteiger partial charge in [-0.15, -0.1) is 0 Å². The van der Waals surface area contributed by atoms with Gasteiger partial charge in [0, 0.05) is 29.6 Å². The molecule has 1 aromatic carbocycles. The largest absolute Gasteiger partial charge is 0.294 e. The van der Waals surface area contributed by atoms with E-state index in [1.807, 2.05) is 20.0 Å². The predicted octanol–water partition coefficient (Wildman–Crippen LogP) is 2.99. The van der Waals surface area contributed by atoms with Crippen molar-refractivity contribution in [3.8, 4) is 0 Å². The summed E-state index contributed by atoms with van der Waals surface area (Å²) in [4.78, 5) is 22.6. The topological polar surface area (TPSA) is 78.0 Å². The fourth-order valence-corrected chi connectivity index (χ4v) is 2.87. The summed E-state index contributed by atoms with van der Waals surface area (Å²) in [5.74, 6) is -0.199. The van der Waals surface area contributed by atoms with Gasteiger partial charge < -0.3 is 0 Å². The highest BCUT2D eigenvalue weighted by molar-refractivity contribution is 7.99. The van der Waals surface area contributed by atoms with Crippen LogP contribution in [-0.2, 0) is 7.05 Å². The Morgan fingerprint density at radius 2 is 2.10 bits per heavy atom. The number of nitrogens with zero attached hydrogens (tertiary/aromatic N) is 3. The van der Waals surface area contributed by atoms with Crippen LogP contribution in [0.2, 0.25) is 0 Å². The highest BCUT2D eigenvalue weighted by Crippen LogP contribution is 2.32. The van der Waals surface area contributed by atoms with Crippen LogP contribution in [0, 0.1) is 17.0 Å². The van der Waals surface area contributed by atoms with Crippen molar-refractivity contribution in [2.75, 3.05) is 0 Å². The molecule has 20 heavy (non-hydrogen) atoms.